The van der Waals surface area contributed by atoms with Gasteiger partial charge in [0.1, 0.15) is 0 Å². The van der Waals surface area contributed by atoms with E-state index in [-0.39, 0.29) is 5.91 Å². The molecule has 0 atom stereocenters. The lowest BCUT2D eigenvalue weighted by Crippen LogP contribution is -2.32. The molecule has 2 aromatic carbocycles. The maximum absolute atomic E-state index is 12.5. The number of rotatable bonds is 5. The number of imidazole rings is 1. The van der Waals surface area contributed by atoms with Crippen molar-refractivity contribution in [3.8, 4) is 0 Å². The van der Waals surface area contributed by atoms with E-state index in [1.165, 1.54) is 12.0 Å². The highest BCUT2D eigenvalue weighted by molar-refractivity contribution is 6.05. The molecule has 0 spiro atoms. The van der Waals surface area contributed by atoms with Gasteiger partial charge in [0.05, 0.1) is 11.0 Å². The van der Waals surface area contributed by atoms with Crippen molar-refractivity contribution in [1.82, 2.24) is 9.55 Å². The molecule has 5 nitrogen and oxygen atoms in total. The Labute approximate surface area is 172 Å². The van der Waals surface area contributed by atoms with Crippen molar-refractivity contribution in [2.75, 3.05) is 23.3 Å². The molecule has 0 bridgehead atoms. The van der Waals surface area contributed by atoms with Crippen LogP contribution in [0.15, 0.2) is 60.2 Å². The molecular formula is C24H27N4O. The minimum Gasteiger partial charge on any atom is -0.342 e. The quantitative estimate of drug-likeness (QED) is 0.623. The van der Waals surface area contributed by atoms with Crippen LogP contribution in [0, 0.1) is 6.42 Å². The van der Waals surface area contributed by atoms with Gasteiger partial charge in [-0.15, -0.1) is 0 Å². The Bertz CT molecular complexity index is 1030. The van der Waals surface area contributed by atoms with Crippen LogP contribution >= 0.6 is 0 Å². The smallest absolute Gasteiger partial charge is 0.255 e. The molecule has 0 aliphatic carbocycles. The van der Waals surface area contributed by atoms with Crippen molar-refractivity contribution in [3.05, 3.63) is 72.2 Å². The highest BCUT2D eigenvalue weighted by Gasteiger charge is 2.19. The van der Waals surface area contributed by atoms with Gasteiger partial charge in [-0.3, -0.25) is 4.79 Å². The molecule has 4 rings (SSSR count). The second-order valence-corrected chi connectivity index (χ2v) is 7.70. The summed E-state index contributed by atoms with van der Waals surface area (Å²) in [6, 6.07) is 15.2. The molecule has 1 fully saturated rings. The number of nitrogens with one attached hydrogen (secondary N) is 1. The average molecular weight is 388 g/mol. The molecular weight excluding hydrogens is 360 g/mol. The van der Waals surface area contributed by atoms with Crippen LogP contribution in [0.2, 0.25) is 0 Å². The zero-order chi connectivity index (χ0) is 20.2. The lowest BCUT2D eigenvalue weighted by molar-refractivity contribution is 0.102. The monoisotopic (exact) mass is 387 g/mol. The first-order valence-electron chi connectivity index (χ1n) is 10.2. The number of nitrogens with zero attached hydrogens (tertiary/aromatic N) is 3. The summed E-state index contributed by atoms with van der Waals surface area (Å²) in [4.78, 5) is 19.8. The van der Waals surface area contributed by atoms with E-state index in [1.54, 1.807) is 0 Å². The summed E-state index contributed by atoms with van der Waals surface area (Å²) in [6.07, 6.45) is 6.86. The summed E-state index contributed by atoms with van der Waals surface area (Å²) < 4.78 is 2.25. The van der Waals surface area contributed by atoms with E-state index in [4.69, 9.17) is 4.98 Å². The summed E-state index contributed by atoms with van der Waals surface area (Å²) in [6.45, 7) is 6.93. The minimum absolute atomic E-state index is 0.105. The second kappa shape index (κ2) is 8.52. The van der Waals surface area contributed by atoms with E-state index in [2.05, 4.69) is 41.1 Å². The van der Waals surface area contributed by atoms with Crippen LogP contribution < -0.4 is 10.2 Å². The largest absolute Gasteiger partial charge is 0.342 e. The SMILES string of the molecule is CC(C)=CCn1c(N2C[CH]CCC2)nc2ccc(NC(=O)c3ccccc3)cc21. The summed E-state index contributed by atoms with van der Waals surface area (Å²) in [5.74, 6) is 0.895. The molecule has 1 N–H and O–H groups in total. The number of aromatic nitrogens is 2. The van der Waals surface area contributed by atoms with Crippen molar-refractivity contribution >= 4 is 28.6 Å². The minimum atomic E-state index is -0.105. The Morgan fingerprint density at radius 1 is 1.17 bits per heavy atom. The highest BCUT2D eigenvalue weighted by atomic mass is 16.1. The van der Waals surface area contributed by atoms with Crippen LogP contribution in [0.1, 0.15) is 37.0 Å². The maximum atomic E-state index is 12.5. The van der Waals surface area contributed by atoms with Gasteiger partial charge in [-0.1, -0.05) is 29.8 Å². The van der Waals surface area contributed by atoms with Gasteiger partial charge in [-0.2, -0.15) is 0 Å². The van der Waals surface area contributed by atoms with E-state index >= 15 is 0 Å². The molecule has 1 aliphatic heterocycles. The Hall–Kier alpha value is -3.08. The Balaban J connectivity index is 1.69. The van der Waals surface area contributed by atoms with E-state index < -0.39 is 0 Å². The summed E-state index contributed by atoms with van der Waals surface area (Å²) in [5, 5.41) is 3.02. The van der Waals surface area contributed by atoms with Crippen LogP contribution in [0.5, 0.6) is 0 Å². The lowest BCUT2D eigenvalue weighted by atomic mass is 10.1. The van der Waals surface area contributed by atoms with Gasteiger partial charge < -0.3 is 14.8 Å². The Morgan fingerprint density at radius 3 is 2.72 bits per heavy atom. The summed E-state index contributed by atoms with van der Waals surface area (Å²) >= 11 is 0. The zero-order valence-corrected chi connectivity index (χ0v) is 17.1. The predicted molar refractivity (Wildman–Crippen MR) is 119 cm³/mol. The van der Waals surface area contributed by atoms with Gasteiger partial charge in [0.15, 0.2) is 0 Å². The number of carbonyl (C=O) groups excluding carboxylic acids is 1. The van der Waals surface area contributed by atoms with Crippen LogP contribution in [0.4, 0.5) is 11.6 Å². The summed E-state index contributed by atoms with van der Waals surface area (Å²) in [5.41, 5.74) is 4.69. The van der Waals surface area contributed by atoms with Crippen molar-refractivity contribution < 1.29 is 4.79 Å². The van der Waals surface area contributed by atoms with Gasteiger partial charge in [-0.25, -0.2) is 4.98 Å². The predicted octanol–water partition coefficient (Wildman–Crippen LogP) is 5.06. The van der Waals surface area contributed by atoms with Crippen molar-refractivity contribution in [2.24, 2.45) is 0 Å². The fourth-order valence-electron chi connectivity index (χ4n) is 3.62. The van der Waals surface area contributed by atoms with Gasteiger partial charge in [0, 0.05) is 30.9 Å². The first kappa shape index (κ1) is 19.2. The van der Waals surface area contributed by atoms with E-state index in [0.29, 0.717) is 5.56 Å². The molecule has 1 aliphatic rings. The molecule has 1 aromatic heterocycles. The van der Waals surface area contributed by atoms with Gasteiger partial charge in [-0.05, 0) is 63.4 Å². The second-order valence-electron chi connectivity index (χ2n) is 7.70. The number of allylic oxidation sites excluding steroid dienone is 2. The highest BCUT2D eigenvalue weighted by Crippen LogP contribution is 2.27. The third-order valence-corrected chi connectivity index (χ3v) is 5.17. The molecule has 1 amide bonds. The number of amides is 1. The average Bonchev–Trinajstić information content (AvgIpc) is 3.11. The number of fused-ring (bicyclic) bond motifs is 1. The number of carbonyl (C=O) groups is 1. The van der Waals surface area contributed by atoms with Crippen LogP contribution in [0.25, 0.3) is 11.0 Å². The van der Waals surface area contributed by atoms with E-state index in [0.717, 1.165) is 48.7 Å². The normalized spacial score (nSPS) is 14.1. The van der Waals surface area contributed by atoms with Crippen LogP contribution in [-0.4, -0.2) is 28.5 Å². The molecule has 1 saturated heterocycles. The topological polar surface area (TPSA) is 50.2 Å². The fraction of sp³-hybridized carbons (Fsp3) is 0.292. The number of anilines is 2. The van der Waals surface area contributed by atoms with Gasteiger partial charge in [0.2, 0.25) is 5.95 Å². The zero-order valence-electron chi connectivity index (χ0n) is 17.1. The molecule has 2 heterocycles. The van der Waals surface area contributed by atoms with E-state index in [9.17, 15) is 4.79 Å². The molecule has 1 radical (unpaired) electrons. The fourth-order valence-corrected chi connectivity index (χ4v) is 3.62. The van der Waals surface area contributed by atoms with Gasteiger partial charge >= 0.3 is 0 Å². The number of hydrogen-bond acceptors (Lipinski definition) is 3. The van der Waals surface area contributed by atoms with Crippen LogP contribution in [0.3, 0.4) is 0 Å². The molecule has 149 valence electrons. The summed E-state index contributed by atoms with van der Waals surface area (Å²) in [7, 11) is 0. The molecule has 0 unspecified atom stereocenters. The number of piperidine rings is 1. The van der Waals surface area contributed by atoms with E-state index in [1.807, 2.05) is 48.5 Å². The Morgan fingerprint density at radius 2 is 2.00 bits per heavy atom. The first-order chi connectivity index (χ1) is 14.1. The van der Waals surface area contributed by atoms with Crippen LogP contribution in [-0.2, 0) is 6.54 Å². The van der Waals surface area contributed by atoms with Gasteiger partial charge in [0.25, 0.3) is 5.91 Å². The lowest BCUT2D eigenvalue weighted by Gasteiger charge is -2.28. The maximum Gasteiger partial charge on any atom is 0.255 e. The van der Waals surface area contributed by atoms with Crippen molar-refractivity contribution in [2.45, 2.75) is 33.2 Å². The standard InChI is InChI=1S/C24H27N4O/c1-18(2)13-16-28-22-17-20(25-23(29)19-9-5-3-6-10-19)11-12-21(22)26-24(28)27-14-7-4-8-15-27/h3,5-7,9-13,17H,4,8,14-16H2,1-2H3,(H,25,29). The molecule has 29 heavy (non-hydrogen) atoms. The Kier molecular flexibility index (Phi) is 5.65. The third-order valence-electron chi connectivity index (χ3n) is 5.17. The van der Waals surface area contributed by atoms with Crippen molar-refractivity contribution in [3.63, 3.8) is 0 Å². The molecule has 0 saturated carbocycles. The number of hydrogen-bond donors (Lipinski definition) is 1. The third kappa shape index (κ3) is 4.34. The number of benzene rings is 2. The van der Waals surface area contributed by atoms with Crippen molar-refractivity contribution in [1.29, 1.82) is 0 Å². The molecule has 5 heteroatoms. The first-order valence-corrected chi connectivity index (χ1v) is 10.2. The molecule has 3 aromatic rings.